The standard InChI is InChI=1S/C52H88Br2O6P2S3/c1-5-9-13-17-21-25-29-33-41-57-61(55,58-42-34-30-26-22-18-14-10-6-2)49-50(52(46-38-40-48(54)64-46)65-51(49)45-37-39-47(53)63-45)62(56,59-43-35-31-27-23-19-15-11-7-3)60-44-36-32-28-24-20-16-12-8-4/h37-40H,5-36,41-44H2,1-4H3. The van der Waals surface area contributed by atoms with Crippen molar-refractivity contribution in [2.75, 3.05) is 26.4 Å². The molecule has 0 aromatic carbocycles. The predicted octanol–water partition coefficient (Wildman–Crippen LogP) is 21.0. The Hall–Kier alpha value is 0.360. The average Bonchev–Trinajstić information content (AvgIpc) is 4.05. The second-order valence-corrected chi connectivity index (χ2v) is 27.8. The maximum Gasteiger partial charge on any atom is 0.363 e. The van der Waals surface area contributed by atoms with Crippen molar-refractivity contribution in [2.24, 2.45) is 0 Å². The van der Waals surface area contributed by atoms with E-state index in [9.17, 15) is 0 Å². The minimum Gasteiger partial charge on any atom is -0.305 e. The van der Waals surface area contributed by atoms with Crippen LogP contribution in [0.25, 0.3) is 19.5 Å². The van der Waals surface area contributed by atoms with Crippen LogP contribution in [0.4, 0.5) is 0 Å². The summed E-state index contributed by atoms with van der Waals surface area (Å²) in [6.45, 7) is 10.2. The monoisotopic (exact) mass is 1120 g/mol. The summed E-state index contributed by atoms with van der Waals surface area (Å²) < 4.78 is 60.9. The minimum atomic E-state index is -4.10. The number of thiophene rings is 3. The summed E-state index contributed by atoms with van der Waals surface area (Å²) in [7, 11) is -8.19. The van der Waals surface area contributed by atoms with Gasteiger partial charge in [0.2, 0.25) is 0 Å². The molecule has 0 aliphatic rings. The Bertz CT molecular complexity index is 1550. The van der Waals surface area contributed by atoms with Gasteiger partial charge < -0.3 is 18.1 Å². The Morgan fingerprint density at radius 2 is 0.585 bits per heavy atom. The van der Waals surface area contributed by atoms with Crippen LogP contribution in [0, 0.1) is 0 Å². The van der Waals surface area contributed by atoms with E-state index in [-0.39, 0.29) is 0 Å². The molecule has 0 saturated heterocycles. The van der Waals surface area contributed by atoms with Crippen molar-refractivity contribution >= 4 is 91.7 Å². The zero-order valence-electron chi connectivity index (χ0n) is 41.1. The predicted molar refractivity (Wildman–Crippen MR) is 295 cm³/mol. The second kappa shape index (κ2) is 37.2. The summed E-state index contributed by atoms with van der Waals surface area (Å²) in [5.41, 5.74) is 0. The molecule has 65 heavy (non-hydrogen) atoms. The van der Waals surface area contributed by atoms with E-state index in [1.54, 1.807) is 22.7 Å². The molecular weight excluding hydrogens is 1040 g/mol. The van der Waals surface area contributed by atoms with E-state index in [4.69, 9.17) is 18.1 Å². The Morgan fingerprint density at radius 1 is 0.354 bits per heavy atom. The Morgan fingerprint density at radius 3 is 0.800 bits per heavy atom. The highest BCUT2D eigenvalue weighted by molar-refractivity contribution is 9.11. The molecule has 0 aliphatic carbocycles. The first-order valence-electron chi connectivity index (χ1n) is 26.2. The quantitative estimate of drug-likeness (QED) is 0.0415. The van der Waals surface area contributed by atoms with Gasteiger partial charge in [-0.25, -0.2) is 0 Å². The van der Waals surface area contributed by atoms with Crippen LogP contribution in [0.1, 0.15) is 233 Å². The van der Waals surface area contributed by atoms with Gasteiger partial charge in [-0.1, -0.05) is 207 Å². The number of unbranched alkanes of at least 4 members (excludes halogenated alkanes) is 28. The molecule has 3 heterocycles. The lowest BCUT2D eigenvalue weighted by Gasteiger charge is -2.25. The summed E-state index contributed by atoms with van der Waals surface area (Å²) in [5.74, 6) is 0. The van der Waals surface area contributed by atoms with E-state index in [0.29, 0.717) is 37.0 Å². The topological polar surface area (TPSA) is 71.1 Å². The second-order valence-electron chi connectivity index (χ2n) is 17.9. The zero-order chi connectivity index (χ0) is 46.9. The molecule has 0 fully saturated rings. The lowest BCUT2D eigenvalue weighted by Crippen LogP contribution is -2.29. The van der Waals surface area contributed by atoms with E-state index in [0.717, 1.165) is 104 Å². The molecule has 0 saturated carbocycles. The summed E-state index contributed by atoms with van der Waals surface area (Å²) in [5, 5.41) is 0.761. The van der Waals surface area contributed by atoms with Crippen LogP contribution >= 0.6 is 81.1 Å². The van der Waals surface area contributed by atoms with Crippen LogP contribution in [-0.2, 0) is 27.2 Å². The minimum absolute atomic E-state index is 0.301. The van der Waals surface area contributed by atoms with E-state index >= 15 is 9.13 Å². The first-order chi connectivity index (χ1) is 31.7. The van der Waals surface area contributed by atoms with Gasteiger partial charge in [0.05, 0.1) is 54.4 Å². The number of hydrogen-bond donors (Lipinski definition) is 0. The molecule has 3 aromatic heterocycles. The van der Waals surface area contributed by atoms with Crippen molar-refractivity contribution in [1.82, 2.24) is 0 Å². The summed E-state index contributed by atoms with van der Waals surface area (Å²) in [6, 6.07) is 8.15. The number of rotatable bonds is 44. The third kappa shape index (κ3) is 23.9. The molecule has 0 spiro atoms. The van der Waals surface area contributed by atoms with Gasteiger partial charge in [-0.2, -0.15) is 0 Å². The van der Waals surface area contributed by atoms with E-state index < -0.39 is 15.2 Å². The lowest BCUT2D eigenvalue weighted by molar-refractivity contribution is 0.203. The highest BCUT2D eigenvalue weighted by Gasteiger charge is 2.46. The van der Waals surface area contributed by atoms with Crippen molar-refractivity contribution in [3.05, 3.63) is 31.8 Å². The molecule has 6 nitrogen and oxygen atoms in total. The molecule has 374 valence electrons. The Labute approximate surface area is 426 Å². The van der Waals surface area contributed by atoms with Crippen molar-refractivity contribution in [3.8, 4) is 19.5 Å². The molecule has 3 rings (SSSR count). The van der Waals surface area contributed by atoms with Crippen LogP contribution in [0.5, 0.6) is 0 Å². The van der Waals surface area contributed by atoms with Crippen LogP contribution in [-0.4, -0.2) is 26.4 Å². The molecule has 0 radical (unpaired) electrons. The number of halogens is 2. The maximum absolute atomic E-state index is 16.1. The fourth-order valence-corrected chi connectivity index (χ4v) is 17.9. The van der Waals surface area contributed by atoms with Crippen LogP contribution in [0.3, 0.4) is 0 Å². The third-order valence-electron chi connectivity index (χ3n) is 12.0. The molecule has 0 bridgehead atoms. The highest BCUT2D eigenvalue weighted by atomic mass is 79.9. The molecule has 0 aliphatic heterocycles. The van der Waals surface area contributed by atoms with Crippen molar-refractivity contribution < 1.29 is 27.2 Å². The maximum atomic E-state index is 16.1. The summed E-state index contributed by atoms with van der Waals surface area (Å²) in [6.07, 6.45) is 36.7. The van der Waals surface area contributed by atoms with Crippen molar-refractivity contribution in [2.45, 2.75) is 233 Å². The van der Waals surface area contributed by atoms with Gasteiger partial charge in [0.25, 0.3) is 0 Å². The lowest BCUT2D eigenvalue weighted by atomic mass is 10.1. The van der Waals surface area contributed by atoms with E-state index in [2.05, 4.69) is 71.7 Å². The SMILES string of the molecule is CCCCCCCCCCOP(=O)(OCCCCCCCCCC)c1c(-c2ccc(Br)s2)sc(-c2ccc(Br)s2)c1P(=O)(OCCCCCCCCCC)OCCCCCCCCCC. The van der Waals surface area contributed by atoms with Crippen molar-refractivity contribution in [3.63, 3.8) is 0 Å². The molecule has 0 unspecified atom stereocenters. The van der Waals surface area contributed by atoms with Gasteiger partial charge in [-0.3, -0.25) is 9.13 Å². The van der Waals surface area contributed by atoms with Gasteiger partial charge >= 0.3 is 15.2 Å². The zero-order valence-corrected chi connectivity index (χ0v) is 48.5. The molecule has 0 amide bonds. The van der Waals surface area contributed by atoms with Gasteiger partial charge in [-0.15, -0.1) is 34.0 Å². The van der Waals surface area contributed by atoms with Gasteiger partial charge in [0.15, 0.2) is 0 Å². The van der Waals surface area contributed by atoms with Crippen LogP contribution < -0.4 is 10.6 Å². The average molecular weight is 1130 g/mol. The molecular formula is C52H88Br2O6P2S3. The molecule has 3 aromatic rings. The highest BCUT2D eigenvalue weighted by Crippen LogP contribution is 2.60. The van der Waals surface area contributed by atoms with Crippen molar-refractivity contribution in [1.29, 1.82) is 0 Å². The van der Waals surface area contributed by atoms with Gasteiger partial charge in [0.1, 0.15) is 0 Å². The van der Waals surface area contributed by atoms with Gasteiger partial charge in [-0.05, 0) is 81.8 Å². The fraction of sp³-hybridized carbons (Fsp3) is 0.769. The van der Waals surface area contributed by atoms with Gasteiger partial charge in [0, 0.05) is 9.75 Å². The van der Waals surface area contributed by atoms with Crippen LogP contribution in [0.2, 0.25) is 0 Å². The molecule has 0 atom stereocenters. The third-order valence-corrected chi connectivity index (χ3v) is 21.4. The van der Waals surface area contributed by atoms with E-state index in [1.807, 2.05) is 12.1 Å². The van der Waals surface area contributed by atoms with Crippen LogP contribution in [0.15, 0.2) is 31.8 Å². The first kappa shape index (κ1) is 59.7. The summed E-state index contributed by atoms with van der Waals surface area (Å²) in [4.78, 5) is 3.36. The smallest absolute Gasteiger partial charge is 0.305 e. The molecule has 0 N–H and O–H groups in total. The Balaban J connectivity index is 2.06. The van der Waals surface area contributed by atoms with E-state index in [1.165, 1.54) is 140 Å². The Kier molecular flexibility index (Phi) is 34.1. The summed E-state index contributed by atoms with van der Waals surface area (Å²) >= 11 is 12.1. The normalized spacial score (nSPS) is 12.3. The molecule has 13 heteroatoms. The first-order valence-corrected chi connectivity index (χ1v) is 33.3. The largest absolute Gasteiger partial charge is 0.363 e. The number of hydrogen-bond acceptors (Lipinski definition) is 9. The fourth-order valence-electron chi connectivity index (χ4n) is 8.14.